The molecule has 24 heavy (non-hydrogen) atoms. The molecule has 0 aliphatic heterocycles. The molecule has 1 aromatic heterocycles. The third-order valence-electron chi connectivity index (χ3n) is 4.54. The number of carboxylic acids is 1. The second-order valence-corrected chi connectivity index (χ2v) is 6.13. The SMILES string of the molecule is O=C(NC(CC1CCCc2ccccc21)C(=O)O)c1cccnc1. The second-order valence-electron chi connectivity index (χ2n) is 6.13. The minimum absolute atomic E-state index is 0.158. The lowest BCUT2D eigenvalue weighted by molar-refractivity contribution is -0.139. The Kier molecular flexibility index (Phi) is 4.89. The molecule has 0 radical (unpaired) electrons. The molecule has 2 atom stereocenters. The van der Waals surface area contributed by atoms with Gasteiger partial charge in [0.15, 0.2) is 0 Å². The van der Waals surface area contributed by atoms with Crippen LogP contribution < -0.4 is 5.32 Å². The summed E-state index contributed by atoms with van der Waals surface area (Å²) in [6.07, 6.45) is 6.44. The standard InChI is InChI=1S/C19H20N2O3/c22-18(15-8-4-10-20-12-15)21-17(19(23)24)11-14-7-3-6-13-5-1-2-9-16(13)14/h1-2,4-5,8-10,12,14,17H,3,6-7,11H2,(H,21,22)(H,23,24). The molecule has 124 valence electrons. The summed E-state index contributed by atoms with van der Waals surface area (Å²) in [7, 11) is 0. The Bertz CT molecular complexity index is 730. The zero-order chi connectivity index (χ0) is 16.9. The molecule has 5 nitrogen and oxygen atoms in total. The molecule has 0 fully saturated rings. The molecular formula is C19H20N2O3. The third kappa shape index (κ3) is 3.62. The smallest absolute Gasteiger partial charge is 0.326 e. The van der Waals surface area contributed by atoms with Crippen LogP contribution in [0.4, 0.5) is 0 Å². The van der Waals surface area contributed by atoms with Crippen molar-refractivity contribution in [2.75, 3.05) is 0 Å². The van der Waals surface area contributed by atoms with Crippen LogP contribution in [0.15, 0.2) is 48.8 Å². The summed E-state index contributed by atoms with van der Waals surface area (Å²) in [5.41, 5.74) is 2.87. The van der Waals surface area contributed by atoms with Gasteiger partial charge in [-0.15, -0.1) is 0 Å². The number of hydrogen-bond acceptors (Lipinski definition) is 3. The third-order valence-corrected chi connectivity index (χ3v) is 4.54. The highest BCUT2D eigenvalue weighted by molar-refractivity contribution is 5.96. The van der Waals surface area contributed by atoms with Crippen molar-refractivity contribution < 1.29 is 14.7 Å². The summed E-state index contributed by atoms with van der Waals surface area (Å²) in [5, 5.41) is 12.1. The Morgan fingerprint density at radius 2 is 2.08 bits per heavy atom. The van der Waals surface area contributed by atoms with Gasteiger partial charge in [0.1, 0.15) is 6.04 Å². The van der Waals surface area contributed by atoms with E-state index in [1.807, 2.05) is 12.1 Å². The molecule has 2 unspecified atom stereocenters. The lowest BCUT2D eigenvalue weighted by Gasteiger charge is -2.28. The fourth-order valence-electron chi connectivity index (χ4n) is 3.34. The van der Waals surface area contributed by atoms with Gasteiger partial charge in [0, 0.05) is 12.4 Å². The van der Waals surface area contributed by atoms with Crippen LogP contribution in [0.2, 0.25) is 0 Å². The highest BCUT2D eigenvalue weighted by atomic mass is 16.4. The average Bonchev–Trinajstić information content (AvgIpc) is 2.62. The van der Waals surface area contributed by atoms with Gasteiger partial charge >= 0.3 is 5.97 Å². The van der Waals surface area contributed by atoms with Crippen LogP contribution in [-0.2, 0) is 11.2 Å². The number of carbonyl (C=O) groups excluding carboxylic acids is 1. The predicted octanol–water partition coefficient (Wildman–Crippen LogP) is 2.77. The van der Waals surface area contributed by atoms with Crippen LogP contribution in [0.3, 0.4) is 0 Å². The first kappa shape index (κ1) is 16.2. The predicted molar refractivity (Wildman–Crippen MR) is 89.9 cm³/mol. The van der Waals surface area contributed by atoms with E-state index in [2.05, 4.69) is 22.4 Å². The monoisotopic (exact) mass is 324 g/mol. The van der Waals surface area contributed by atoms with Gasteiger partial charge in [-0.2, -0.15) is 0 Å². The Labute approximate surface area is 140 Å². The first-order chi connectivity index (χ1) is 11.6. The van der Waals surface area contributed by atoms with Gasteiger partial charge in [0.2, 0.25) is 0 Å². The van der Waals surface area contributed by atoms with Crippen LogP contribution >= 0.6 is 0 Å². The minimum atomic E-state index is -1.00. The molecule has 3 rings (SSSR count). The Hall–Kier alpha value is -2.69. The summed E-state index contributed by atoms with van der Waals surface area (Å²) >= 11 is 0. The molecular weight excluding hydrogens is 304 g/mol. The van der Waals surface area contributed by atoms with E-state index in [4.69, 9.17) is 0 Å². The second kappa shape index (κ2) is 7.25. The number of hydrogen-bond donors (Lipinski definition) is 2. The zero-order valence-corrected chi connectivity index (χ0v) is 13.3. The van der Waals surface area contributed by atoms with Crippen molar-refractivity contribution in [2.24, 2.45) is 0 Å². The van der Waals surface area contributed by atoms with Crippen molar-refractivity contribution in [3.8, 4) is 0 Å². The number of rotatable bonds is 5. The van der Waals surface area contributed by atoms with Crippen molar-refractivity contribution >= 4 is 11.9 Å². The van der Waals surface area contributed by atoms with Gasteiger partial charge in [-0.05, 0) is 54.9 Å². The molecule has 2 aromatic rings. The number of pyridine rings is 1. The number of fused-ring (bicyclic) bond motifs is 1. The van der Waals surface area contributed by atoms with Crippen LogP contribution in [-0.4, -0.2) is 28.0 Å². The molecule has 1 heterocycles. The molecule has 1 aromatic carbocycles. The number of aromatic nitrogens is 1. The summed E-state index contributed by atoms with van der Waals surface area (Å²) in [6, 6.07) is 10.5. The number of aliphatic carboxylic acids is 1. The van der Waals surface area contributed by atoms with Crippen molar-refractivity contribution in [1.29, 1.82) is 0 Å². The average molecular weight is 324 g/mol. The number of carbonyl (C=O) groups is 2. The van der Waals surface area contributed by atoms with Crippen molar-refractivity contribution in [3.63, 3.8) is 0 Å². The fourth-order valence-corrected chi connectivity index (χ4v) is 3.34. The van der Waals surface area contributed by atoms with Gasteiger partial charge < -0.3 is 10.4 Å². The molecule has 2 N–H and O–H groups in total. The van der Waals surface area contributed by atoms with Crippen molar-refractivity contribution in [3.05, 3.63) is 65.5 Å². The van der Waals surface area contributed by atoms with Gasteiger partial charge in [0.25, 0.3) is 5.91 Å². The highest BCUT2D eigenvalue weighted by Gasteiger charge is 2.28. The summed E-state index contributed by atoms with van der Waals surface area (Å²) in [5.74, 6) is -1.25. The molecule has 0 saturated carbocycles. The van der Waals surface area contributed by atoms with Crippen LogP contribution in [0.25, 0.3) is 0 Å². The number of nitrogens with one attached hydrogen (secondary N) is 1. The van der Waals surface area contributed by atoms with E-state index in [1.165, 1.54) is 17.3 Å². The maximum Gasteiger partial charge on any atom is 0.326 e. The minimum Gasteiger partial charge on any atom is -0.480 e. The molecule has 0 bridgehead atoms. The number of aryl methyl sites for hydroxylation is 1. The topological polar surface area (TPSA) is 79.3 Å². The first-order valence-electron chi connectivity index (χ1n) is 8.16. The lowest BCUT2D eigenvalue weighted by atomic mass is 9.79. The number of nitrogens with zero attached hydrogens (tertiary/aromatic N) is 1. The van der Waals surface area contributed by atoms with Gasteiger partial charge in [-0.3, -0.25) is 9.78 Å². The molecule has 1 amide bonds. The highest BCUT2D eigenvalue weighted by Crippen LogP contribution is 2.34. The van der Waals surface area contributed by atoms with E-state index < -0.39 is 17.9 Å². The number of benzene rings is 1. The van der Waals surface area contributed by atoms with E-state index in [9.17, 15) is 14.7 Å². The van der Waals surface area contributed by atoms with E-state index in [1.54, 1.807) is 18.3 Å². The summed E-state index contributed by atoms with van der Waals surface area (Å²) in [6.45, 7) is 0. The Balaban J connectivity index is 1.74. The van der Waals surface area contributed by atoms with Gasteiger partial charge in [0.05, 0.1) is 5.56 Å². The fraction of sp³-hybridized carbons (Fsp3) is 0.316. The maximum atomic E-state index is 12.2. The number of amides is 1. The zero-order valence-electron chi connectivity index (χ0n) is 13.3. The van der Waals surface area contributed by atoms with Gasteiger partial charge in [-0.1, -0.05) is 24.3 Å². The van der Waals surface area contributed by atoms with Crippen LogP contribution in [0, 0.1) is 0 Å². The van der Waals surface area contributed by atoms with Gasteiger partial charge in [-0.25, -0.2) is 4.79 Å². The summed E-state index contributed by atoms with van der Waals surface area (Å²) < 4.78 is 0. The lowest BCUT2D eigenvalue weighted by Crippen LogP contribution is -2.42. The first-order valence-corrected chi connectivity index (χ1v) is 8.16. The molecule has 0 spiro atoms. The van der Waals surface area contributed by atoms with Crippen LogP contribution in [0.5, 0.6) is 0 Å². The molecule has 1 aliphatic rings. The quantitative estimate of drug-likeness (QED) is 0.886. The normalized spacial score (nSPS) is 17.6. The largest absolute Gasteiger partial charge is 0.480 e. The van der Waals surface area contributed by atoms with E-state index in [0.717, 1.165) is 19.3 Å². The van der Waals surface area contributed by atoms with E-state index in [0.29, 0.717) is 12.0 Å². The van der Waals surface area contributed by atoms with Crippen molar-refractivity contribution in [1.82, 2.24) is 10.3 Å². The van der Waals surface area contributed by atoms with Crippen molar-refractivity contribution in [2.45, 2.75) is 37.6 Å². The Morgan fingerprint density at radius 1 is 1.25 bits per heavy atom. The van der Waals surface area contributed by atoms with E-state index >= 15 is 0 Å². The number of carboxylic acid groups (broad SMARTS) is 1. The molecule has 5 heteroatoms. The molecule has 0 saturated heterocycles. The maximum absolute atomic E-state index is 12.2. The molecule has 1 aliphatic carbocycles. The van der Waals surface area contributed by atoms with E-state index in [-0.39, 0.29) is 5.92 Å². The van der Waals surface area contributed by atoms with Crippen LogP contribution in [0.1, 0.15) is 46.7 Å². The Morgan fingerprint density at radius 3 is 2.83 bits per heavy atom. The summed E-state index contributed by atoms with van der Waals surface area (Å²) in [4.78, 5) is 27.7.